The molecular formula is C22H23N3O7. The summed E-state index contributed by atoms with van der Waals surface area (Å²) in [5.41, 5.74) is 0.660. The largest absolute Gasteiger partial charge is 0.481 e. The van der Waals surface area contributed by atoms with E-state index in [9.17, 15) is 24.8 Å². The Labute approximate surface area is 184 Å². The van der Waals surface area contributed by atoms with Crippen LogP contribution in [0.5, 0.6) is 11.5 Å². The summed E-state index contributed by atoms with van der Waals surface area (Å²) in [5.74, 6) is -1.60. The average molecular weight is 441 g/mol. The zero-order valence-electron chi connectivity index (χ0n) is 17.7. The van der Waals surface area contributed by atoms with Gasteiger partial charge in [0, 0.05) is 18.7 Å². The van der Waals surface area contributed by atoms with Gasteiger partial charge in [0.25, 0.3) is 11.6 Å². The maximum Gasteiger partial charge on any atom is 0.313 e. The van der Waals surface area contributed by atoms with Gasteiger partial charge in [0.1, 0.15) is 5.92 Å². The summed E-state index contributed by atoms with van der Waals surface area (Å²) in [6.45, 7) is 1.06. The number of amides is 1. The van der Waals surface area contributed by atoms with Crippen molar-refractivity contribution in [2.24, 2.45) is 0 Å². The van der Waals surface area contributed by atoms with E-state index in [2.05, 4.69) is 0 Å². The van der Waals surface area contributed by atoms with Crippen molar-refractivity contribution in [1.82, 2.24) is 9.80 Å². The number of carboxylic acid groups (broad SMARTS) is 1. The third-order valence-electron chi connectivity index (χ3n) is 5.73. The molecule has 0 fully saturated rings. The maximum atomic E-state index is 13.5. The molecule has 10 heteroatoms. The molecule has 1 amide bonds. The van der Waals surface area contributed by atoms with Crippen LogP contribution in [-0.4, -0.2) is 65.7 Å². The van der Waals surface area contributed by atoms with Crippen LogP contribution in [0.15, 0.2) is 36.4 Å². The smallest absolute Gasteiger partial charge is 0.313 e. The highest BCUT2D eigenvalue weighted by atomic mass is 16.7. The number of benzene rings is 2. The normalized spacial score (nSPS) is 19.2. The van der Waals surface area contributed by atoms with Gasteiger partial charge in [0.15, 0.2) is 11.5 Å². The number of hydrogen-bond donors (Lipinski definition) is 1. The van der Waals surface area contributed by atoms with Crippen molar-refractivity contribution in [1.29, 1.82) is 0 Å². The lowest BCUT2D eigenvalue weighted by atomic mass is 9.79. The number of non-ortho nitro benzene ring substituents is 1. The zero-order valence-corrected chi connectivity index (χ0v) is 17.7. The van der Waals surface area contributed by atoms with Gasteiger partial charge in [-0.15, -0.1) is 0 Å². The highest BCUT2D eigenvalue weighted by Crippen LogP contribution is 2.46. The molecule has 2 unspecified atom stereocenters. The van der Waals surface area contributed by atoms with Crippen LogP contribution in [0.2, 0.25) is 0 Å². The minimum atomic E-state index is -1.12. The summed E-state index contributed by atoms with van der Waals surface area (Å²) >= 11 is 0. The molecule has 0 saturated carbocycles. The van der Waals surface area contributed by atoms with E-state index in [0.29, 0.717) is 36.6 Å². The third-order valence-corrected chi connectivity index (χ3v) is 5.73. The highest BCUT2D eigenvalue weighted by Gasteiger charge is 2.45. The van der Waals surface area contributed by atoms with E-state index in [-0.39, 0.29) is 23.6 Å². The Morgan fingerprint density at radius 3 is 2.66 bits per heavy atom. The Bertz CT molecular complexity index is 1090. The summed E-state index contributed by atoms with van der Waals surface area (Å²) in [7, 11) is 3.82. The van der Waals surface area contributed by atoms with E-state index >= 15 is 0 Å². The Balaban J connectivity index is 1.84. The van der Waals surface area contributed by atoms with Crippen molar-refractivity contribution < 1.29 is 29.1 Å². The molecule has 0 radical (unpaired) electrons. The quantitative estimate of drug-likeness (QED) is 0.514. The van der Waals surface area contributed by atoms with Crippen molar-refractivity contribution in [2.45, 2.75) is 18.4 Å². The molecule has 10 nitrogen and oxygen atoms in total. The van der Waals surface area contributed by atoms with Crippen LogP contribution in [-0.2, 0) is 4.79 Å². The average Bonchev–Trinajstić information content (AvgIpc) is 3.22. The molecule has 2 aromatic carbocycles. The number of hydrogen-bond acceptors (Lipinski definition) is 7. The minimum Gasteiger partial charge on any atom is -0.481 e. The van der Waals surface area contributed by atoms with Crippen LogP contribution < -0.4 is 9.47 Å². The molecule has 2 atom stereocenters. The fraction of sp³-hybridized carbons (Fsp3) is 0.364. The molecule has 2 heterocycles. The molecule has 0 saturated heterocycles. The molecule has 2 aliphatic rings. The number of nitro groups is 1. The number of fused-ring (bicyclic) bond motifs is 2. The summed E-state index contributed by atoms with van der Waals surface area (Å²) in [4.78, 5) is 40.1. The van der Waals surface area contributed by atoms with Crippen LogP contribution in [0.25, 0.3) is 0 Å². The van der Waals surface area contributed by atoms with Crippen LogP contribution in [0.3, 0.4) is 0 Å². The van der Waals surface area contributed by atoms with Crippen molar-refractivity contribution in [2.75, 3.05) is 34.0 Å². The number of rotatable bonds is 7. The molecule has 0 bridgehead atoms. The number of carbonyl (C=O) groups excluding carboxylic acids is 1. The molecule has 0 aliphatic carbocycles. The van der Waals surface area contributed by atoms with E-state index in [1.165, 1.54) is 23.1 Å². The fourth-order valence-electron chi connectivity index (χ4n) is 4.28. The second-order valence-electron chi connectivity index (χ2n) is 8.06. The predicted molar refractivity (Wildman–Crippen MR) is 113 cm³/mol. The van der Waals surface area contributed by atoms with Gasteiger partial charge in [0.2, 0.25) is 6.79 Å². The monoisotopic (exact) mass is 441 g/mol. The summed E-state index contributed by atoms with van der Waals surface area (Å²) in [6.07, 6.45) is 0.608. The minimum absolute atomic E-state index is 0.0495. The summed E-state index contributed by atoms with van der Waals surface area (Å²) in [6, 6.07) is 8.11. The molecule has 0 spiro atoms. The van der Waals surface area contributed by atoms with E-state index in [1.807, 2.05) is 19.0 Å². The predicted octanol–water partition coefficient (Wildman–Crippen LogP) is 2.64. The lowest BCUT2D eigenvalue weighted by Gasteiger charge is -2.41. The molecule has 1 N–H and O–H groups in total. The Kier molecular flexibility index (Phi) is 5.70. The van der Waals surface area contributed by atoms with Crippen molar-refractivity contribution in [3.63, 3.8) is 0 Å². The van der Waals surface area contributed by atoms with Crippen molar-refractivity contribution >= 4 is 17.6 Å². The van der Waals surface area contributed by atoms with E-state index in [0.717, 1.165) is 0 Å². The SMILES string of the molecule is CN(C)CCCN1C(=O)c2cc([N+](=O)[O-])ccc2C(C(=O)O)C1c1ccc2c(c1)OCO2. The highest BCUT2D eigenvalue weighted by molar-refractivity contribution is 6.01. The Morgan fingerprint density at radius 2 is 1.97 bits per heavy atom. The first kappa shape index (κ1) is 21.6. The van der Waals surface area contributed by atoms with Gasteiger partial charge in [-0.05, 0) is 50.3 Å². The Morgan fingerprint density at radius 1 is 1.22 bits per heavy atom. The van der Waals surface area contributed by atoms with Gasteiger partial charge in [0.05, 0.1) is 16.5 Å². The third kappa shape index (κ3) is 3.84. The van der Waals surface area contributed by atoms with Crippen LogP contribution in [0.1, 0.15) is 39.9 Å². The number of carbonyl (C=O) groups is 2. The standard InChI is InChI=1S/C22H23N3O7/c1-23(2)8-3-9-24-20(13-4-7-17-18(10-13)32-12-31-17)19(22(27)28)15-6-5-14(25(29)30)11-16(15)21(24)26/h4-7,10-11,19-20H,3,8-9,12H2,1-2H3,(H,27,28). The van der Waals surface area contributed by atoms with Gasteiger partial charge in [-0.2, -0.15) is 0 Å². The number of aliphatic carboxylic acids is 1. The summed E-state index contributed by atoms with van der Waals surface area (Å²) < 4.78 is 10.8. The van der Waals surface area contributed by atoms with Gasteiger partial charge >= 0.3 is 5.97 Å². The lowest BCUT2D eigenvalue weighted by molar-refractivity contribution is -0.384. The number of nitro benzene ring substituents is 1. The molecule has 0 aromatic heterocycles. The van der Waals surface area contributed by atoms with Gasteiger partial charge in [-0.3, -0.25) is 19.7 Å². The molecule has 2 aromatic rings. The molecule has 2 aliphatic heterocycles. The van der Waals surface area contributed by atoms with Gasteiger partial charge < -0.3 is 24.4 Å². The lowest BCUT2D eigenvalue weighted by Crippen LogP contribution is -2.45. The fourth-order valence-corrected chi connectivity index (χ4v) is 4.28. The molecule has 168 valence electrons. The van der Waals surface area contributed by atoms with Crippen molar-refractivity contribution in [3.05, 3.63) is 63.2 Å². The van der Waals surface area contributed by atoms with E-state index < -0.39 is 28.8 Å². The first-order chi connectivity index (χ1) is 15.3. The first-order valence-corrected chi connectivity index (χ1v) is 10.1. The molecule has 32 heavy (non-hydrogen) atoms. The van der Waals surface area contributed by atoms with Gasteiger partial charge in [-0.1, -0.05) is 12.1 Å². The first-order valence-electron chi connectivity index (χ1n) is 10.1. The Hall–Kier alpha value is -3.66. The van der Waals surface area contributed by atoms with Crippen LogP contribution in [0, 0.1) is 10.1 Å². The van der Waals surface area contributed by atoms with E-state index in [4.69, 9.17) is 9.47 Å². The second-order valence-corrected chi connectivity index (χ2v) is 8.06. The maximum absolute atomic E-state index is 13.5. The second kappa shape index (κ2) is 8.46. The summed E-state index contributed by atoms with van der Waals surface area (Å²) in [5, 5.41) is 21.4. The van der Waals surface area contributed by atoms with Gasteiger partial charge in [-0.25, -0.2) is 0 Å². The topological polar surface area (TPSA) is 122 Å². The molecular weight excluding hydrogens is 418 g/mol. The van der Waals surface area contributed by atoms with Crippen molar-refractivity contribution in [3.8, 4) is 11.5 Å². The zero-order chi connectivity index (χ0) is 23.0. The molecule has 4 rings (SSSR count). The van der Waals surface area contributed by atoms with Crippen LogP contribution in [0.4, 0.5) is 5.69 Å². The van der Waals surface area contributed by atoms with Crippen LogP contribution >= 0.6 is 0 Å². The van der Waals surface area contributed by atoms with E-state index in [1.54, 1.807) is 18.2 Å². The number of nitrogens with zero attached hydrogens (tertiary/aromatic N) is 3. The number of ether oxygens (including phenoxy) is 2. The number of carboxylic acids is 1.